The summed E-state index contributed by atoms with van der Waals surface area (Å²) in [7, 11) is 0. The lowest BCUT2D eigenvalue weighted by Crippen LogP contribution is -2.26. The van der Waals surface area contributed by atoms with Gasteiger partial charge in [0.2, 0.25) is 5.82 Å². The molecule has 8 nitrogen and oxygen atoms in total. The molecule has 3 heterocycles. The highest BCUT2D eigenvalue weighted by molar-refractivity contribution is 5.58. The van der Waals surface area contributed by atoms with Gasteiger partial charge in [0.05, 0.1) is 12.2 Å². The summed E-state index contributed by atoms with van der Waals surface area (Å²) in [6, 6.07) is 8.30. The van der Waals surface area contributed by atoms with Gasteiger partial charge >= 0.3 is 5.69 Å². The second-order valence-corrected chi connectivity index (χ2v) is 8.64. The van der Waals surface area contributed by atoms with Crippen molar-refractivity contribution < 1.29 is 0 Å². The number of hydrogen-bond acceptors (Lipinski definition) is 5. The molecule has 0 atom stereocenters. The number of para-hydroxylation sites is 1. The smallest absolute Gasteiger partial charge is 0.292 e. The number of aromatic amines is 1. The van der Waals surface area contributed by atoms with Crippen LogP contribution in [0.3, 0.4) is 0 Å². The predicted molar refractivity (Wildman–Crippen MR) is 129 cm³/mol. The Bertz CT molecular complexity index is 1270. The van der Waals surface area contributed by atoms with E-state index in [0.717, 1.165) is 48.2 Å². The van der Waals surface area contributed by atoms with Gasteiger partial charge in [-0.25, -0.2) is 4.79 Å². The Labute approximate surface area is 193 Å². The number of tetrazole rings is 1. The van der Waals surface area contributed by atoms with Crippen LogP contribution in [-0.2, 0) is 19.4 Å². The zero-order valence-corrected chi connectivity index (χ0v) is 19.7. The fourth-order valence-corrected chi connectivity index (χ4v) is 4.36. The zero-order valence-electron chi connectivity index (χ0n) is 19.7. The molecular formula is C25H31N7O. The first-order valence-corrected chi connectivity index (χ1v) is 11.6. The van der Waals surface area contributed by atoms with Gasteiger partial charge in [0.15, 0.2) is 0 Å². The van der Waals surface area contributed by atoms with E-state index in [1.165, 1.54) is 11.1 Å². The van der Waals surface area contributed by atoms with E-state index in [1.54, 1.807) is 12.4 Å². The predicted octanol–water partition coefficient (Wildman–Crippen LogP) is 4.29. The van der Waals surface area contributed by atoms with Crippen LogP contribution in [-0.4, -0.2) is 34.7 Å². The third-order valence-corrected chi connectivity index (χ3v) is 5.93. The monoisotopic (exact) mass is 445 g/mol. The van der Waals surface area contributed by atoms with Crippen molar-refractivity contribution in [3.05, 3.63) is 75.7 Å². The molecule has 0 aliphatic carbocycles. The summed E-state index contributed by atoms with van der Waals surface area (Å²) >= 11 is 0. The van der Waals surface area contributed by atoms with Crippen LogP contribution in [0.1, 0.15) is 68.8 Å². The molecule has 0 bridgehead atoms. The summed E-state index contributed by atoms with van der Waals surface area (Å²) < 4.78 is 3.73. The molecule has 0 saturated heterocycles. The number of nitrogens with zero attached hydrogens (tertiary/aromatic N) is 6. The maximum absolute atomic E-state index is 13.9. The van der Waals surface area contributed by atoms with Crippen LogP contribution in [0.15, 0.2) is 47.7 Å². The Morgan fingerprint density at radius 3 is 2.58 bits per heavy atom. The number of rotatable bonds is 9. The van der Waals surface area contributed by atoms with Crippen LogP contribution >= 0.6 is 0 Å². The van der Waals surface area contributed by atoms with Crippen molar-refractivity contribution in [1.82, 2.24) is 34.7 Å². The van der Waals surface area contributed by atoms with Gasteiger partial charge in [-0.05, 0) is 46.7 Å². The minimum Gasteiger partial charge on any atom is -0.292 e. The van der Waals surface area contributed by atoms with Gasteiger partial charge < -0.3 is 0 Å². The third-order valence-electron chi connectivity index (χ3n) is 5.93. The van der Waals surface area contributed by atoms with Gasteiger partial charge in [-0.3, -0.25) is 14.1 Å². The van der Waals surface area contributed by atoms with E-state index in [4.69, 9.17) is 0 Å². The van der Waals surface area contributed by atoms with Crippen molar-refractivity contribution >= 4 is 0 Å². The summed E-state index contributed by atoms with van der Waals surface area (Å²) in [5.74, 6) is 0.782. The van der Waals surface area contributed by atoms with Crippen LogP contribution < -0.4 is 5.69 Å². The molecule has 0 spiro atoms. The van der Waals surface area contributed by atoms with Crippen molar-refractivity contribution in [2.45, 2.75) is 65.8 Å². The number of pyridine rings is 1. The van der Waals surface area contributed by atoms with E-state index in [1.807, 2.05) is 21.4 Å². The lowest BCUT2D eigenvalue weighted by molar-refractivity contribution is 0.688. The standard InChI is InChI=1S/C25H31N7O/c1-5-8-18-10-7-11-21(17(3)4)23(18)32-16-20(9-6-2)31(25(32)33)15-19-12-13-26-14-22(19)24-27-29-30-28-24/h7,10-14,16-17H,5-6,8-9,15H2,1-4H3,(H,27,28,29,30). The van der Waals surface area contributed by atoms with E-state index in [-0.39, 0.29) is 5.69 Å². The number of hydrogen-bond donors (Lipinski definition) is 1. The second kappa shape index (κ2) is 9.94. The highest BCUT2D eigenvalue weighted by atomic mass is 16.1. The van der Waals surface area contributed by atoms with Crippen molar-refractivity contribution in [3.63, 3.8) is 0 Å². The number of aryl methyl sites for hydroxylation is 2. The van der Waals surface area contributed by atoms with Gasteiger partial charge in [0, 0.05) is 29.8 Å². The molecule has 1 N–H and O–H groups in total. The minimum absolute atomic E-state index is 0.0280. The molecule has 0 unspecified atom stereocenters. The number of benzene rings is 1. The van der Waals surface area contributed by atoms with Crippen molar-refractivity contribution in [1.29, 1.82) is 0 Å². The molecule has 0 aliphatic rings. The molecule has 0 amide bonds. The highest BCUT2D eigenvalue weighted by Crippen LogP contribution is 2.28. The summed E-state index contributed by atoms with van der Waals surface area (Å²) in [5, 5.41) is 14.4. The molecule has 0 saturated carbocycles. The number of H-pyrrole nitrogens is 1. The molecule has 8 heteroatoms. The highest BCUT2D eigenvalue weighted by Gasteiger charge is 2.20. The van der Waals surface area contributed by atoms with Gasteiger partial charge in [0.25, 0.3) is 0 Å². The largest absolute Gasteiger partial charge is 0.333 e. The van der Waals surface area contributed by atoms with E-state index < -0.39 is 0 Å². The van der Waals surface area contributed by atoms with Gasteiger partial charge in [0.1, 0.15) is 0 Å². The van der Waals surface area contributed by atoms with Crippen molar-refractivity contribution in [3.8, 4) is 17.1 Å². The van der Waals surface area contributed by atoms with Crippen LogP contribution in [0.5, 0.6) is 0 Å². The summed E-state index contributed by atoms with van der Waals surface area (Å²) in [6.45, 7) is 9.08. The van der Waals surface area contributed by atoms with Crippen molar-refractivity contribution in [2.75, 3.05) is 0 Å². The van der Waals surface area contributed by atoms with E-state index >= 15 is 0 Å². The van der Waals surface area contributed by atoms with E-state index in [0.29, 0.717) is 18.3 Å². The van der Waals surface area contributed by atoms with Crippen LogP contribution in [0, 0.1) is 0 Å². The lowest BCUT2D eigenvalue weighted by Gasteiger charge is -2.17. The molecular weight excluding hydrogens is 414 g/mol. The Hall–Kier alpha value is -3.55. The Kier molecular flexibility index (Phi) is 6.82. The van der Waals surface area contributed by atoms with Crippen LogP contribution in [0.4, 0.5) is 0 Å². The SMILES string of the molecule is CCCc1cccc(C(C)C)c1-n1cc(CCC)n(Cc2ccncc2-c2nn[nH]n2)c1=O. The molecule has 3 aromatic heterocycles. The third kappa shape index (κ3) is 4.51. The quantitative estimate of drug-likeness (QED) is 0.415. The molecule has 4 aromatic rings. The normalized spacial score (nSPS) is 11.4. The maximum atomic E-state index is 13.9. The second-order valence-electron chi connectivity index (χ2n) is 8.64. The Morgan fingerprint density at radius 1 is 1.06 bits per heavy atom. The average molecular weight is 446 g/mol. The van der Waals surface area contributed by atoms with Gasteiger partial charge in [-0.2, -0.15) is 5.21 Å². The fourth-order valence-electron chi connectivity index (χ4n) is 4.36. The lowest BCUT2D eigenvalue weighted by atomic mass is 9.95. The summed E-state index contributed by atoms with van der Waals surface area (Å²) in [6.07, 6.45) is 9.20. The number of nitrogens with one attached hydrogen (secondary N) is 1. The van der Waals surface area contributed by atoms with Gasteiger partial charge in [-0.15, -0.1) is 10.2 Å². The first-order valence-electron chi connectivity index (χ1n) is 11.6. The number of aromatic nitrogens is 7. The molecule has 0 fully saturated rings. The molecule has 0 radical (unpaired) electrons. The van der Waals surface area contributed by atoms with Gasteiger partial charge in [-0.1, -0.05) is 58.7 Å². The topological polar surface area (TPSA) is 94.3 Å². The summed E-state index contributed by atoms with van der Waals surface area (Å²) in [4.78, 5) is 18.1. The summed E-state index contributed by atoms with van der Waals surface area (Å²) in [5.41, 5.74) is 6.11. The first-order chi connectivity index (χ1) is 16.0. The van der Waals surface area contributed by atoms with Crippen molar-refractivity contribution in [2.24, 2.45) is 0 Å². The molecule has 1 aromatic carbocycles. The molecule has 33 heavy (non-hydrogen) atoms. The average Bonchev–Trinajstić information content (AvgIpc) is 3.44. The first kappa shape index (κ1) is 22.6. The Balaban J connectivity index is 1.87. The zero-order chi connectivity index (χ0) is 23.4. The Morgan fingerprint density at radius 2 is 1.88 bits per heavy atom. The van der Waals surface area contributed by atoms with E-state index in [9.17, 15) is 4.79 Å². The maximum Gasteiger partial charge on any atom is 0.333 e. The van der Waals surface area contributed by atoms with Crippen LogP contribution in [0.25, 0.3) is 17.1 Å². The molecule has 0 aliphatic heterocycles. The van der Waals surface area contributed by atoms with E-state index in [2.05, 4.69) is 71.5 Å². The minimum atomic E-state index is -0.0280. The fraction of sp³-hybridized carbons (Fsp3) is 0.400. The number of imidazole rings is 1. The molecule has 172 valence electrons. The molecule has 4 rings (SSSR count). The van der Waals surface area contributed by atoms with Crippen LogP contribution in [0.2, 0.25) is 0 Å².